The van der Waals surface area contributed by atoms with Crippen LogP contribution in [0.5, 0.6) is 0 Å². The van der Waals surface area contributed by atoms with Gasteiger partial charge in [0.2, 0.25) is 5.95 Å². The van der Waals surface area contributed by atoms with Crippen molar-refractivity contribution >= 4 is 35.8 Å². The Balaban J connectivity index is 0.00000240. The van der Waals surface area contributed by atoms with E-state index >= 15 is 0 Å². The standard InChI is InChI=1S/C20H24ClN7.ClH/c1-12(2)18-17(19(21)28-27-18)15-7-10-23-20(25-15)26-16-4-3-14(11-24-16)13-5-8-22-9-6-13;/h3-4,7,10-13,22H,5-6,8-9H2,1-2H3,(H,27,28)(H,23,24,25,26);1H. The molecule has 0 radical (unpaired) electrons. The quantitative estimate of drug-likeness (QED) is 0.541. The zero-order valence-corrected chi connectivity index (χ0v) is 18.0. The summed E-state index contributed by atoms with van der Waals surface area (Å²) in [5.41, 5.74) is 3.79. The van der Waals surface area contributed by atoms with Crippen LogP contribution in [-0.4, -0.2) is 38.2 Å². The molecule has 0 saturated carbocycles. The third-order valence-electron chi connectivity index (χ3n) is 5.08. The van der Waals surface area contributed by atoms with Gasteiger partial charge in [0.25, 0.3) is 0 Å². The van der Waals surface area contributed by atoms with Gasteiger partial charge in [0.1, 0.15) is 5.82 Å². The average molecular weight is 434 g/mol. The molecule has 29 heavy (non-hydrogen) atoms. The Morgan fingerprint density at radius 1 is 1.14 bits per heavy atom. The van der Waals surface area contributed by atoms with Crippen molar-refractivity contribution < 1.29 is 0 Å². The third kappa shape index (κ3) is 4.86. The number of anilines is 2. The molecule has 0 atom stereocenters. The van der Waals surface area contributed by atoms with Gasteiger partial charge in [-0.05, 0) is 55.5 Å². The topological polar surface area (TPSA) is 91.4 Å². The normalized spacial score (nSPS) is 14.6. The van der Waals surface area contributed by atoms with E-state index in [9.17, 15) is 0 Å². The fourth-order valence-electron chi connectivity index (χ4n) is 3.54. The van der Waals surface area contributed by atoms with Gasteiger partial charge < -0.3 is 10.6 Å². The van der Waals surface area contributed by atoms with Gasteiger partial charge >= 0.3 is 0 Å². The number of piperidine rings is 1. The SMILES string of the molecule is CC(C)c1[nH]nc(Cl)c1-c1ccnc(Nc2ccc(C3CCNCC3)cn2)n1.Cl. The summed E-state index contributed by atoms with van der Waals surface area (Å²) in [4.78, 5) is 13.5. The lowest BCUT2D eigenvalue weighted by Crippen LogP contribution is -2.26. The molecule has 9 heteroatoms. The first-order valence-corrected chi connectivity index (χ1v) is 10.0. The summed E-state index contributed by atoms with van der Waals surface area (Å²) in [5.74, 6) is 2.04. The van der Waals surface area contributed by atoms with Crippen molar-refractivity contribution in [1.82, 2.24) is 30.5 Å². The van der Waals surface area contributed by atoms with E-state index < -0.39 is 0 Å². The first kappa shape index (κ1) is 21.5. The van der Waals surface area contributed by atoms with Crippen LogP contribution in [0.3, 0.4) is 0 Å². The summed E-state index contributed by atoms with van der Waals surface area (Å²) in [7, 11) is 0. The van der Waals surface area contributed by atoms with Crippen LogP contribution in [0.1, 0.15) is 49.8 Å². The highest BCUT2D eigenvalue weighted by molar-refractivity contribution is 6.32. The molecule has 0 bridgehead atoms. The number of aromatic nitrogens is 5. The number of halogens is 2. The highest BCUT2D eigenvalue weighted by Crippen LogP contribution is 2.32. The van der Waals surface area contributed by atoms with Crippen molar-refractivity contribution in [2.75, 3.05) is 18.4 Å². The Hall–Kier alpha value is -2.22. The monoisotopic (exact) mass is 433 g/mol. The minimum Gasteiger partial charge on any atom is -0.317 e. The molecular weight excluding hydrogens is 409 g/mol. The maximum absolute atomic E-state index is 6.29. The summed E-state index contributed by atoms with van der Waals surface area (Å²) in [6.45, 7) is 6.31. The molecule has 4 heterocycles. The zero-order valence-electron chi connectivity index (χ0n) is 16.4. The predicted octanol–water partition coefficient (Wildman–Crippen LogP) is 4.67. The fraction of sp³-hybridized carbons (Fsp3) is 0.400. The second kappa shape index (κ2) is 9.52. The number of rotatable bonds is 5. The Bertz CT molecular complexity index is 934. The van der Waals surface area contributed by atoms with Crippen LogP contribution in [0, 0.1) is 0 Å². The summed E-state index contributed by atoms with van der Waals surface area (Å²) >= 11 is 6.29. The molecule has 3 aromatic rings. The summed E-state index contributed by atoms with van der Waals surface area (Å²) in [6, 6.07) is 5.96. The molecule has 154 valence electrons. The number of hydrogen-bond acceptors (Lipinski definition) is 6. The van der Waals surface area contributed by atoms with Gasteiger partial charge in [0.15, 0.2) is 5.15 Å². The largest absolute Gasteiger partial charge is 0.317 e. The second-order valence-corrected chi connectivity index (χ2v) is 7.71. The number of pyridine rings is 1. The minimum atomic E-state index is 0. The molecule has 7 nitrogen and oxygen atoms in total. The van der Waals surface area contributed by atoms with Crippen molar-refractivity contribution in [3.63, 3.8) is 0 Å². The van der Waals surface area contributed by atoms with Gasteiger partial charge in [-0.3, -0.25) is 5.10 Å². The van der Waals surface area contributed by atoms with E-state index in [1.54, 1.807) is 6.20 Å². The van der Waals surface area contributed by atoms with E-state index in [1.165, 1.54) is 5.56 Å². The summed E-state index contributed by atoms with van der Waals surface area (Å²) in [5, 5.41) is 14.1. The van der Waals surface area contributed by atoms with E-state index in [-0.39, 0.29) is 18.3 Å². The van der Waals surface area contributed by atoms with E-state index in [0.29, 0.717) is 17.0 Å². The van der Waals surface area contributed by atoms with Crippen LogP contribution in [0.2, 0.25) is 5.15 Å². The van der Waals surface area contributed by atoms with Crippen molar-refractivity contribution in [3.05, 3.63) is 47.0 Å². The highest BCUT2D eigenvalue weighted by Gasteiger charge is 2.18. The number of hydrogen-bond donors (Lipinski definition) is 3. The Morgan fingerprint density at radius 3 is 2.62 bits per heavy atom. The lowest BCUT2D eigenvalue weighted by molar-refractivity contribution is 0.459. The molecule has 0 amide bonds. The first-order chi connectivity index (χ1) is 13.6. The van der Waals surface area contributed by atoms with Crippen LogP contribution < -0.4 is 10.6 Å². The van der Waals surface area contributed by atoms with Crippen molar-refractivity contribution in [2.24, 2.45) is 0 Å². The van der Waals surface area contributed by atoms with Crippen LogP contribution in [0.4, 0.5) is 11.8 Å². The Kier molecular flexibility index (Phi) is 7.05. The molecule has 0 aromatic carbocycles. The molecule has 1 aliphatic heterocycles. The summed E-state index contributed by atoms with van der Waals surface area (Å²) in [6.07, 6.45) is 5.97. The molecule has 1 saturated heterocycles. The average Bonchev–Trinajstić information content (AvgIpc) is 3.11. The smallest absolute Gasteiger partial charge is 0.228 e. The first-order valence-electron chi connectivity index (χ1n) is 9.62. The minimum absolute atomic E-state index is 0. The van der Waals surface area contributed by atoms with Gasteiger partial charge in [0.05, 0.1) is 11.3 Å². The number of H-pyrrole nitrogens is 1. The van der Waals surface area contributed by atoms with Crippen LogP contribution in [0.15, 0.2) is 30.6 Å². The lowest BCUT2D eigenvalue weighted by Gasteiger charge is -2.22. The highest BCUT2D eigenvalue weighted by atomic mass is 35.5. The lowest BCUT2D eigenvalue weighted by atomic mass is 9.91. The Morgan fingerprint density at radius 2 is 1.93 bits per heavy atom. The molecular formula is C20H25Cl2N7. The molecule has 1 fully saturated rings. The molecule has 0 spiro atoms. The van der Waals surface area contributed by atoms with Gasteiger partial charge in [-0.15, -0.1) is 12.4 Å². The molecule has 3 N–H and O–H groups in total. The van der Waals surface area contributed by atoms with E-state index in [2.05, 4.69) is 55.7 Å². The van der Waals surface area contributed by atoms with Crippen molar-refractivity contribution in [2.45, 2.75) is 38.5 Å². The van der Waals surface area contributed by atoms with Gasteiger partial charge in [0, 0.05) is 18.1 Å². The number of nitrogens with one attached hydrogen (secondary N) is 3. The molecule has 1 aliphatic rings. The van der Waals surface area contributed by atoms with Gasteiger partial charge in [-0.25, -0.2) is 15.0 Å². The van der Waals surface area contributed by atoms with E-state index in [4.69, 9.17) is 11.6 Å². The van der Waals surface area contributed by atoms with Crippen molar-refractivity contribution in [1.29, 1.82) is 0 Å². The zero-order chi connectivity index (χ0) is 19.5. The molecule has 0 aliphatic carbocycles. The van der Waals surface area contributed by atoms with E-state index in [1.807, 2.05) is 18.3 Å². The molecule has 4 rings (SSSR count). The number of aromatic amines is 1. The molecule has 3 aromatic heterocycles. The van der Waals surface area contributed by atoms with Crippen molar-refractivity contribution in [3.8, 4) is 11.3 Å². The van der Waals surface area contributed by atoms with Gasteiger partial charge in [-0.2, -0.15) is 5.10 Å². The maximum Gasteiger partial charge on any atom is 0.228 e. The maximum atomic E-state index is 6.29. The predicted molar refractivity (Wildman–Crippen MR) is 118 cm³/mol. The van der Waals surface area contributed by atoms with Crippen LogP contribution in [0.25, 0.3) is 11.3 Å². The van der Waals surface area contributed by atoms with E-state index in [0.717, 1.165) is 48.7 Å². The van der Waals surface area contributed by atoms with Crippen LogP contribution in [-0.2, 0) is 0 Å². The number of nitrogens with zero attached hydrogens (tertiary/aromatic N) is 4. The second-order valence-electron chi connectivity index (χ2n) is 7.35. The summed E-state index contributed by atoms with van der Waals surface area (Å²) < 4.78 is 0. The molecule has 0 unspecified atom stereocenters. The third-order valence-corrected chi connectivity index (χ3v) is 5.35. The van der Waals surface area contributed by atoms with Gasteiger partial charge in [-0.1, -0.05) is 31.5 Å². The fourth-order valence-corrected chi connectivity index (χ4v) is 3.78. The Labute approximate surface area is 181 Å². The van der Waals surface area contributed by atoms with Crippen LogP contribution >= 0.6 is 24.0 Å².